The van der Waals surface area contributed by atoms with Crippen LogP contribution in [0.25, 0.3) is 11.3 Å². The highest BCUT2D eigenvalue weighted by atomic mass is 16.5. The van der Waals surface area contributed by atoms with E-state index in [1.165, 1.54) is 5.56 Å². The fourth-order valence-corrected chi connectivity index (χ4v) is 3.87. The van der Waals surface area contributed by atoms with Crippen LogP contribution in [0.15, 0.2) is 48.5 Å². The lowest BCUT2D eigenvalue weighted by atomic mass is 9.95. The molecule has 6 heteroatoms. The number of nitrogens with one attached hydrogen (secondary N) is 1. The van der Waals surface area contributed by atoms with Crippen molar-refractivity contribution in [3.8, 4) is 17.0 Å². The molecule has 3 aromatic rings. The summed E-state index contributed by atoms with van der Waals surface area (Å²) in [6.45, 7) is 3.12. The number of H-pyrrole nitrogens is 1. The molecule has 1 amide bonds. The molecule has 0 fully saturated rings. The fraction of sp³-hybridized carbons (Fsp3) is 0.304. The van der Waals surface area contributed by atoms with E-state index in [0.717, 1.165) is 34.6 Å². The molecule has 0 bridgehead atoms. The minimum atomic E-state index is -0.200. The van der Waals surface area contributed by atoms with Gasteiger partial charge in [0.05, 0.1) is 25.5 Å². The van der Waals surface area contributed by atoms with E-state index in [-0.39, 0.29) is 11.9 Å². The first-order chi connectivity index (χ1) is 14.2. The van der Waals surface area contributed by atoms with Crippen LogP contribution in [0.1, 0.15) is 40.1 Å². The Kier molecular flexibility index (Phi) is 5.36. The maximum Gasteiger partial charge on any atom is 0.273 e. The number of methoxy groups -OCH3 is 2. The van der Waals surface area contributed by atoms with Gasteiger partial charge in [0.2, 0.25) is 0 Å². The number of hydrogen-bond donors (Lipinski definition) is 1. The van der Waals surface area contributed by atoms with Crippen molar-refractivity contribution in [2.24, 2.45) is 0 Å². The lowest BCUT2D eigenvalue weighted by Gasteiger charge is -2.26. The molecule has 29 heavy (non-hydrogen) atoms. The predicted molar refractivity (Wildman–Crippen MR) is 111 cm³/mol. The topological polar surface area (TPSA) is 67.5 Å². The van der Waals surface area contributed by atoms with E-state index >= 15 is 0 Å². The van der Waals surface area contributed by atoms with Crippen molar-refractivity contribution >= 4 is 5.91 Å². The molecule has 6 nitrogen and oxygen atoms in total. The molecule has 0 saturated heterocycles. The molecule has 1 aliphatic heterocycles. The summed E-state index contributed by atoms with van der Waals surface area (Å²) in [7, 11) is 3.29. The first kappa shape index (κ1) is 19.2. The zero-order chi connectivity index (χ0) is 20.4. The van der Waals surface area contributed by atoms with Gasteiger partial charge < -0.3 is 14.4 Å². The van der Waals surface area contributed by atoms with E-state index in [2.05, 4.69) is 41.4 Å². The number of carbonyl (C=O) groups excluding carboxylic acids is 1. The summed E-state index contributed by atoms with van der Waals surface area (Å²) in [6, 6.07) is 16.0. The summed E-state index contributed by atoms with van der Waals surface area (Å²) in [5, 5.41) is 7.47. The Morgan fingerprint density at radius 3 is 2.41 bits per heavy atom. The number of benzene rings is 2. The first-order valence-electron chi connectivity index (χ1n) is 9.79. The molecule has 4 rings (SSSR count). The van der Waals surface area contributed by atoms with Crippen LogP contribution >= 0.6 is 0 Å². The maximum absolute atomic E-state index is 13.1. The molecule has 2 heterocycles. The molecule has 1 aromatic heterocycles. The van der Waals surface area contributed by atoms with Crippen molar-refractivity contribution in [3.63, 3.8) is 0 Å². The molecule has 0 saturated carbocycles. The van der Waals surface area contributed by atoms with Crippen molar-refractivity contribution in [1.29, 1.82) is 0 Å². The number of fused-ring (bicyclic) bond motifs is 1. The molecule has 1 atom stereocenters. The van der Waals surface area contributed by atoms with E-state index in [1.807, 2.05) is 29.2 Å². The average molecular weight is 391 g/mol. The van der Waals surface area contributed by atoms with E-state index in [1.54, 1.807) is 14.2 Å². The van der Waals surface area contributed by atoms with Crippen molar-refractivity contribution < 1.29 is 14.3 Å². The molecule has 0 aliphatic carbocycles. The molecular formula is C23H25N3O3. The van der Waals surface area contributed by atoms with Crippen molar-refractivity contribution in [2.75, 3.05) is 27.4 Å². The molecule has 0 spiro atoms. The van der Waals surface area contributed by atoms with Crippen LogP contribution in [0.4, 0.5) is 0 Å². The third-order valence-electron chi connectivity index (χ3n) is 5.47. The summed E-state index contributed by atoms with van der Waals surface area (Å²) in [5.41, 5.74) is 5.54. The van der Waals surface area contributed by atoms with Crippen molar-refractivity contribution in [3.05, 3.63) is 70.9 Å². The number of aromatic amines is 1. The quantitative estimate of drug-likeness (QED) is 0.665. The average Bonchev–Trinajstić information content (AvgIpc) is 3.31. The monoisotopic (exact) mass is 391 g/mol. The zero-order valence-electron chi connectivity index (χ0n) is 16.9. The Morgan fingerprint density at radius 1 is 1.07 bits per heavy atom. The largest absolute Gasteiger partial charge is 0.497 e. The smallest absolute Gasteiger partial charge is 0.273 e. The molecule has 2 aromatic carbocycles. The molecule has 1 aliphatic rings. The minimum Gasteiger partial charge on any atom is -0.497 e. The Morgan fingerprint density at radius 2 is 1.79 bits per heavy atom. The zero-order valence-corrected chi connectivity index (χ0v) is 16.9. The van der Waals surface area contributed by atoms with E-state index in [9.17, 15) is 4.79 Å². The van der Waals surface area contributed by atoms with Gasteiger partial charge in [0.15, 0.2) is 0 Å². The SMILES string of the molecule is CCc1ccc(C2c3c(-c4ccc(OC)cc4)n[nH]c3C(=O)N2CCOC)cc1. The minimum absolute atomic E-state index is 0.0473. The van der Waals surface area contributed by atoms with Crippen molar-refractivity contribution in [1.82, 2.24) is 15.1 Å². The lowest BCUT2D eigenvalue weighted by molar-refractivity contribution is 0.0677. The van der Waals surface area contributed by atoms with E-state index in [0.29, 0.717) is 18.8 Å². The Labute approximate surface area is 170 Å². The standard InChI is InChI=1S/C23H25N3O3/c1-4-15-5-7-17(8-6-15)22-19-20(16-9-11-18(29-3)12-10-16)24-25-21(19)23(27)26(22)13-14-28-2/h5-12,22H,4,13-14H2,1-3H3,(H,24,25). The van der Waals surface area contributed by atoms with Gasteiger partial charge in [0.1, 0.15) is 11.4 Å². The number of nitrogens with zero attached hydrogens (tertiary/aromatic N) is 2. The van der Waals surface area contributed by atoms with Gasteiger partial charge >= 0.3 is 0 Å². The number of aryl methyl sites for hydroxylation is 1. The number of rotatable bonds is 7. The Hall–Kier alpha value is -3.12. The Bertz CT molecular complexity index is 993. The van der Waals surface area contributed by atoms with Crippen LogP contribution in [-0.4, -0.2) is 48.4 Å². The van der Waals surface area contributed by atoms with Crippen LogP contribution in [-0.2, 0) is 11.2 Å². The number of hydrogen-bond acceptors (Lipinski definition) is 4. The van der Waals surface area contributed by atoms with E-state index < -0.39 is 0 Å². The summed E-state index contributed by atoms with van der Waals surface area (Å²) < 4.78 is 10.5. The number of ether oxygens (including phenoxy) is 2. The number of carbonyl (C=O) groups is 1. The third-order valence-corrected chi connectivity index (χ3v) is 5.47. The maximum atomic E-state index is 13.1. The predicted octanol–water partition coefficient (Wildman–Crippen LogP) is 3.84. The fourth-order valence-electron chi connectivity index (χ4n) is 3.87. The van der Waals surface area contributed by atoms with Crippen LogP contribution in [0.3, 0.4) is 0 Å². The van der Waals surface area contributed by atoms with Crippen LogP contribution in [0, 0.1) is 0 Å². The first-order valence-corrected chi connectivity index (χ1v) is 9.79. The van der Waals surface area contributed by atoms with Gasteiger partial charge in [-0.1, -0.05) is 31.2 Å². The lowest BCUT2D eigenvalue weighted by Crippen LogP contribution is -2.32. The van der Waals surface area contributed by atoms with Gasteiger partial charge in [-0.15, -0.1) is 0 Å². The van der Waals surface area contributed by atoms with E-state index in [4.69, 9.17) is 9.47 Å². The number of aromatic nitrogens is 2. The highest BCUT2D eigenvalue weighted by molar-refractivity contribution is 6.00. The van der Waals surface area contributed by atoms with Crippen LogP contribution in [0.5, 0.6) is 5.75 Å². The van der Waals surface area contributed by atoms with Gasteiger partial charge in [-0.05, 0) is 41.8 Å². The van der Waals surface area contributed by atoms with Gasteiger partial charge in [0.25, 0.3) is 5.91 Å². The highest BCUT2D eigenvalue weighted by Gasteiger charge is 2.41. The molecular weight excluding hydrogens is 366 g/mol. The summed E-state index contributed by atoms with van der Waals surface area (Å²) in [6.07, 6.45) is 0.978. The summed E-state index contributed by atoms with van der Waals surface area (Å²) in [4.78, 5) is 15.0. The second-order valence-electron chi connectivity index (χ2n) is 7.08. The molecule has 1 unspecified atom stereocenters. The van der Waals surface area contributed by atoms with Gasteiger partial charge in [-0.25, -0.2) is 0 Å². The molecule has 0 radical (unpaired) electrons. The molecule has 150 valence electrons. The highest BCUT2D eigenvalue weighted by Crippen LogP contribution is 2.42. The normalized spacial score (nSPS) is 15.6. The summed E-state index contributed by atoms with van der Waals surface area (Å²) >= 11 is 0. The van der Waals surface area contributed by atoms with Crippen LogP contribution in [0.2, 0.25) is 0 Å². The Balaban J connectivity index is 1.81. The van der Waals surface area contributed by atoms with Crippen LogP contribution < -0.4 is 4.74 Å². The van der Waals surface area contributed by atoms with Gasteiger partial charge in [-0.2, -0.15) is 5.10 Å². The number of amides is 1. The second kappa shape index (κ2) is 8.09. The third kappa shape index (κ3) is 3.40. The van der Waals surface area contributed by atoms with Crippen molar-refractivity contribution in [2.45, 2.75) is 19.4 Å². The van der Waals surface area contributed by atoms with Gasteiger partial charge in [0, 0.05) is 24.8 Å². The van der Waals surface area contributed by atoms with Gasteiger partial charge in [-0.3, -0.25) is 9.89 Å². The molecule has 1 N–H and O–H groups in total. The summed E-state index contributed by atoms with van der Waals surface area (Å²) in [5.74, 6) is 0.735. The second-order valence-corrected chi connectivity index (χ2v) is 7.08.